The van der Waals surface area contributed by atoms with Crippen molar-refractivity contribution in [2.45, 2.75) is 30.2 Å². The van der Waals surface area contributed by atoms with Gasteiger partial charge in [0.2, 0.25) is 10.0 Å². The van der Waals surface area contributed by atoms with Gasteiger partial charge in [0, 0.05) is 11.6 Å². The number of rotatable bonds is 3. The lowest BCUT2D eigenvalue weighted by Gasteiger charge is -2.26. The average Bonchev–Trinajstić information content (AvgIpc) is 2.22. The van der Waals surface area contributed by atoms with Crippen LogP contribution in [0.2, 0.25) is 5.02 Å². The van der Waals surface area contributed by atoms with Gasteiger partial charge in [-0.15, -0.1) is 0 Å². The van der Waals surface area contributed by atoms with Crippen LogP contribution in [0.5, 0.6) is 0 Å². The highest BCUT2D eigenvalue weighted by Crippen LogP contribution is 2.22. The molecular formula is C11H13ClN2O3S. The second kappa shape index (κ2) is 4.87. The Kier molecular flexibility index (Phi) is 3.61. The zero-order valence-corrected chi connectivity index (χ0v) is 11.1. The van der Waals surface area contributed by atoms with Crippen LogP contribution in [0.4, 0.5) is 0 Å². The maximum absolute atomic E-state index is 11.8. The van der Waals surface area contributed by atoms with Crippen molar-refractivity contribution in [1.82, 2.24) is 5.32 Å². The Balaban J connectivity index is 2.26. The van der Waals surface area contributed by atoms with E-state index in [-0.39, 0.29) is 27.4 Å². The molecule has 0 aromatic heterocycles. The molecule has 1 aliphatic carbocycles. The molecule has 1 saturated carbocycles. The molecular weight excluding hydrogens is 276 g/mol. The molecule has 1 aliphatic rings. The van der Waals surface area contributed by atoms with Crippen LogP contribution in [0.1, 0.15) is 29.6 Å². The van der Waals surface area contributed by atoms with Crippen molar-refractivity contribution in [3.8, 4) is 0 Å². The van der Waals surface area contributed by atoms with Gasteiger partial charge in [-0.3, -0.25) is 4.79 Å². The minimum Gasteiger partial charge on any atom is -0.349 e. The Morgan fingerprint density at radius 2 is 2.06 bits per heavy atom. The summed E-state index contributed by atoms with van der Waals surface area (Å²) < 4.78 is 22.6. The smallest absolute Gasteiger partial charge is 0.251 e. The van der Waals surface area contributed by atoms with E-state index in [1.54, 1.807) is 0 Å². The van der Waals surface area contributed by atoms with E-state index >= 15 is 0 Å². The highest BCUT2D eigenvalue weighted by Gasteiger charge is 2.21. The summed E-state index contributed by atoms with van der Waals surface area (Å²) in [7, 11) is -3.92. The van der Waals surface area contributed by atoms with Crippen LogP contribution in [0.15, 0.2) is 23.1 Å². The zero-order valence-electron chi connectivity index (χ0n) is 9.52. The van der Waals surface area contributed by atoms with Crippen molar-refractivity contribution in [2.24, 2.45) is 5.14 Å². The number of carbonyl (C=O) groups is 1. The molecule has 7 heteroatoms. The number of amides is 1. The van der Waals surface area contributed by atoms with E-state index in [9.17, 15) is 13.2 Å². The van der Waals surface area contributed by atoms with Crippen LogP contribution >= 0.6 is 11.6 Å². The molecule has 2 rings (SSSR count). The fraction of sp³-hybridized carbons (Fsp3) is 0.364. The van der Waals surface area contributed by atoms with Gasteiger partial charge in [-0.05, 0) is 37.5 Å². The first-order valence-electron chi connectivity index (χ1n) is 5.51. The predicted octanol–water partition coefficient (Wildman–Crippen LogP) is 1.27. The number of carbonyl (C=O) groups excluding carboxylic acids is 1. The summed E-state index contributed by atoms with van der Waals surface area (Å²) in [5.74, 6) is -0.304. The summed E-state index contributed by atoms with van der Waals surface area (Å²) in [6.45, 7) is 0. The first-order chi connectivity index (χ1) is 8.38. The van der Waals surface area contributed by atoms with Crippen molar-refractivity contribution in [2.75, 3.05) is 0 Å². The Morgan fingerprint density at radius 3 is 2.56 bits per heavy atom. The number of primary sulfonamides is 1. The number of nitrogens with two attached hydrogens (primary N) is 1. The van der Waals surface area contributed by atoms with Crippen LogP contribution < -0.4 is 10.5 Å². The van der Waals surface area contributed by atoms with Crippen molar-refractivity contribution < 1.29 is 13.2 Å². The van der Waals surface area contributed by atoms with E-state index < -0.39 is 10.0 Å². The van der Waals surface area contributed by atoms with Crippen LogP contribution in [-0.4, -0.2) is 20.4 Å². The van der Waals surface area contributed by atoms with Crippen molar-refractivity contribution in [3.05, 3.63) is 28.8 Å². The van der Waals surface area contributed by atoms with Crippen molar-refractivity contribution >= 4 is 27.5 Å². The van der Waals surface area contributed by atoms with Gasteiger partial charge in [0.25, 0.3) is 5.91 Å². The van der Waals surface area contributed by atoms with Gasteiger partial charge in [0.15, 0.2) is 0 Å². The molecule has 0 spiro atoms. The van der Waals surface area contributed by atoms with Gasteiger partial charge in [-0.1, -0.05) is 11.6 Å². The summed E-state index contributed by atoms with van der Waals surface area (Å²) in [4.78, 5) is 11.6. The van der Waals surface area contributed by atoms with E-state index in [4.69, 9.17) is 16.7 Å². The van der Waals surface area contributed by atoms with Crippen molar-refractivity contribution in [3.63, 3.8) is 0 Å². The molecule has 0 bridgehead atoms. The van der Waals surface area contributed by atoms with Crippen LogP contribution in [-0.2, 0) is 10.0 Å². The molecule has 98 valence electrons. The van der Waals surface area contributed by atoms with Crippen molar-refractivity contribution in [1.29, 1.82) is 0 Å². The molecule has 0 saturated heterocycles. The fourth-order valence-electron chi connectivity index (χ4n) is 1.68. The maximum atomic E-state index is 11.8. The Bertz CT molecular complexity index is 582. The second-order valence-corrected chi connectivity index (χ2v) is 6.23. The predicted molar refractivity (Wildman–Crippen MR) is 67.9 cm³/mol. The Morgan fingerprint density at radius 1 is 1.39 bits per heavy atom. The summed E-state index contributed by atoms with van der Waals surface area (Å²) in [6.07, 6.45) is 3.02. The van der Waals surface area contributed by atoms with E-state index in [1.807, 2.05) is 0 Å². The van der Waals surface area contributed by atoms with Crippen LogP contribution in [0.25, 0.3) is 0 Å². The Labute approximate surface area is 110 Å². The normalized spacial score (nSPS) is 16.1. The monoisotopic (exact) mass is 288 g/mol. The maximum Gasteiger partial charge on any atom is 0.251 e. The van der Waals surface area contributed by atoms with Crippen LogP contribution in [0, 0.1) is 0 Å². The average molecular weight is 289 g/mol. The molecule has 5 nitrogen and oxygen atoms in total. The lowest BCUT2D eigenvalue weighted by molar-refractivity contribution is 0.0917. The standard InChI is InChI=1S/C11H13ClN2O3S/c12-9-5-4-7(6-10(9)18(13,16)17)11(15)14-8-2-1-3-8/h4-6,8H,1-3H2,(H,14,15)(H2,13,16,17). The molecule has 18 heavy (non-hydrogen) atoms. The number of halogens is 1. The van der Waals surface area contributed by atoms with Crippen LogP contribution in [0.3, 0.4) is 0 Å². The fourth-order valence-corrected chi connectivity index (χ4v) is 2.76. The molecule has 1 fully saturated rings. The highest BCUT2D eigenvalue weighted by molar-refractivity contribution is 7.89. The minimum atomic E-state index is -3.92. The van der Waals surface area contributed by atoms with E-state index in [2.05, 4.69) is 5.32 Å². The molecule has 0 heterocycles. The lowest BCUT2D eigenvalue weighted by Crippen LogP contribution is -2.39. The summed E-state index contributed by atoms with van der Waals surface area (Å²) in [5.41, 5.74) is 0.246. The van der Waals surface area contributed by atoms with E-state index in [0.29, 0.717) is 0 Å². The van der Waals surface area contributed by atoms with Gasteiger partial charge in [0.1, 0.15) is 4.90 Å². The molecule has 0 radical (unpaired) electrons. The highest BCUT2D eigenvalue weighted by atomic mass is 35.5. The van der Waals surface area contributed by atoms with Gasteiger partial charge in [-0.2, -0.15) is 0 Å². The van der Waals surface area contributed by atoms with E-state index in [0.717, 1.165) is 19.3 Å². The quantitative estimate of drug-likeness (QED) is 0.878. The SMILES string of the molecule is NS(=O)(=O)c1cc(C(=O)NC2CCC2)ccc1Cl. The molecule has 1 aromatic rings. The molecule has 0 aliphatic heterocycles. The van der Waals surface area contributed by atoms with Gasteiger partial charge >= 0.3 is 0 Å². The summed E-state index contributed by atoms with van der Waals surface area (Å²) in [5, 5.41) is 7.85. The summed E-state index contributed by atoms with van der Waals surface area (Å²) >= 11 is 5.74. The molecule has 1 aromatic carbocycles. The topological polar surface area (TPSA) is 89.3 Å². The third-order valence-electron chi connectivity index (χ3n) is 2.94. The van der Waals surface area contributed by atoms with Gasteiger partial charge < -0.3 is 5.32 Å². The number of hydrogen-bond acceptors (Lipinski definition) is 3. The third-order valence-corrected chi connectivity index (χ3v) is 4.33. The Hall–Kier alpha value is -1.11. The largest absolute Gasteiger partial charge is 0.349 e. The molecule has 3 N–H and O–H groups in total. The zero-order chi connectivity index (χ0) is 13.3. The van der Waals surface area contributed by atoms with E-state index in [1.165, 1.54) is 18.2 Å². The molecule has 0 unspecified atom stereocenters. The molecule has 0 atom stereocenters. The van der Waals surface area contributed by atoms with Gasteiger partial charge in [-0.25, -0.2) is 13.6 Å². The third kappa shape index (κ3) is 2.82. The first kappa shape index (κ1) is 13.3. The second-order valence-electron chi connectivity index (χ2n) is 4.29. The number of sulfonamides is 1. The number of nitrogens with one attached hydrogen (secondary N) is 1. The number of benzene rings is 1. The minimum absolute atomic E-state index is 0.0118. The summed E-state index contributed by atoms with van der Waals surface area (Å²) in [6, 6.07) is 4.22. The lowest BCUT2D eigenvalue weighted by atomic mass is 9.93. The number of hydrogen-bond donors (Lipinski definition) is 2. The first-order valence-corrected chi connectivity index (χ1v) is 7.43. The van der Waals surface area contributed by atoms with Gasteiger partial charge in [0.05, 0.1) is 5.02 Å². The molecule has 1 amide bonds.